The van der Waals surface area contributed by atoms with Gasteiger partial charge in [0.2, 0.25) is 0 Å². The summed E-state index contributed by atoms with van der Waals surface area (Å²) in [6.45, 7) is -3.46. The number of rotatable bonds is 0. The van der Waals surface area contributed by atoms with Crippen molar-refractivity contribution in [3.8, 4) is 0 Å². The summed E-state index contributed by atoms with van der Waals surface area (Å²) in [5, 5.41) is 0. The molecule has 4 nitrogen and oxygen atoms in total. The predicted octanol–water partition coefficient (Wildman–Crippen LogP) is -0.319. The van der Waals surface area contributed by atoms with Gasteiger partial charge in [0.05, 0.1) is 0 Å². The first-order valence-electron chi connectivity index (χ1n) is 1.60. The molecule has 0 fully saturated rings. The summed E-state index contributed by atoms with van der Waals surface area (Å²) >= 11 is 0. The van der Waals surface area contributed by atoms with Crippen molar-refractivity contribution in [2.24, 2.45) is 0 Å². The third-order valence-corrected chi connectivity index (χ3v) is 4.41. The van der Waals surface area contributed by atoms with Gasteiger partial charge >= 0.3 is 0 Å². The van der Waals surface area contributed by atoms with Crippen molar-refractivity contribution in [1.82, 2.24) is 6.15 Å². The maximum atomic E-state index is 8.33. The van der Waals surface area contributed by atoms with Crippen molar-refractivity contribution in [2.45, 2.75) is 0 Å². The number of hydrogen-bond acceptors (Lipinski definition) is 1. The van der Waals surface area contributed by atoms with E-state index in [1.807, 2.05) is 0 Å². The summed E-state index contributed by atoms with van der Waals surface area (Å²) in [5.74, 6) is 0. The van der Waals surface area contributed by atoms with Crippen molar-refractivity contribution in [3.05, 3.63) is 0 Å². The van der Waals surface area contributed by atoms with Crippen LogP contribution < -0.4 is 6.15 Å². The molecule has 0 aliphatic carbocycles. The van der Waals surface area contributed by atoms with Gasteiger partial charge in [0.15, 0.2) is 0 Å². The smallest absolute Gasteiger partial charge is 0.276 e. The Bertz CT molecular complexity index is 106. The molecule has 0 saturated carbocycles. The molecule has 0 saturated heterocycles. The molecule has 6 heteroatoms. The first-order chi connectivity index (χ1) is 2.94. The summed E-state index contributed by atoms with van der Waals surface area (Å²) in [7, 11) is -0.655. The Labute approximate surface area is 50.9 Å². The second-order valence-corrected chi connectivity index (χ2v) is 7.52. The van der Waals surface area contributed by atoms with E-state index in [0.717, 1.165) is 0 Å². The molecule has 54 valence electrons. The quantitative estimate of drug-likeness (QED) is 0.366. The van der Waals surface area contributed by atoms with Crippen molar-refractivity contribution in [2.75, 3.05) is 12.5 Å². The predicted molar refractivity (Wildman–Crippen MR) is 37.8 cm³/mol. The Morgan fingerprint density at radius 2 is 1.25 bits per heavy atom. The van der Waals surface area contributed by atoms with Crippen molar-refractivity contribution < 1.29 is 14.7 Å². The summed E-state index contributed by atoms with van der Waals surface area (Å²) in [6, 6.07) is 0. The Morgan fingerprint density at radius 3 is 1.25 bits per heavy atom. The highest BCUT2D eigenvalue weighted by Crippen LogP contribution is 2.33. The lowest BCUT2D eigenvalue weighted by Gasteiger charge is -2.03. The zero-order valence-corrected chi connectivity index (χ0v) is 6.62. The first kappa shape index (κ1) is 11.4. The highest BCUT2D eigenvalue weighted by atomic mass is 32.5. The molecule has 0 heterocycles. The Balaban J connectivity index is 0. The average Bonchev–Trinajstić information content (AvgIpc) is 1.31. The third-order valence-electron chi connectivity index (χ3n) is 0.490. The molecule has 0 radical (unpaired) electrons. The van der Waals surface area contributed by atoms with E-state index in [2.05, 4.69) is 0 Å². The van der Waals surface area contributed by atoms with Crippen molar-refractivity contribution in [3.63, 3.8) is 0 Å². The Morgan fingerprint density at radius 1 is 1.12 bits per heavy atom. The van der Waals surface area contributed by atoms with E-state index in [0.29, 0.717) is 0 Å². The van der Waals surface area contributed by atoms with Crippen LogP contribution in [0.25, 0.3) is 0 Å². The van der Waals surface area contributed by atoms with E-state index in [9.17, 15) is 0 Å². The fraction of sp³-hybridized carbons (Fsp3) is 1.00. The minimum Gasteiger partial charge on any atom is -0.344 e. The summed E-state index contributed by atoms with van der Waals surface area (Å²) < 4.78 is 0. The van der Waals surface area contributed by atoms with Crippen LogP contribution in [0, 0.1) is 0 Å². The molecule has 0 unspecified atom stereocenters. The highest BCUT2D eigenvalue weighted by molar-refractivity contribution is 8.26. The maximum Gasteiger partial charge on any atom is 0.276 e. The average molecular weight is 161 g/mol. The van der Waals surface area contributed by atoms with Crippen molar-refractivity contribution in [1.29, 1.82) is 0 Å². The minimum atomic E-state index is -3.46. The fourth-order valence-electron chi connectivity index (χ4n) is 0. The first-order valence-corrected chi connectivity index (χ1v) is 5.89. The lowest BCUT2D eigenvalue weighted by atomic mass is 11.9. The van der Waals surface area contributed by atoms with Gasteiger partial charge in [-0.2, -0.15) is 0 Å². The normalized spacial score (nSPS) is 11.2. The van der Waals surface area contributed by atoms with E-state index in [4.69, 9.17) is 14.7 Å². The van der Waals surface area contributed by atoms with Crippen molar-refractivity contribution >= 4 is 16.8 Å². The van der Waals surface area contributed by atoms with E-state index in [1.165, 1.54) is 0 Å². The van der Waals surface area contributed by atoms with Gasteiger partial charge in [-0.05, 0) is 12.5 Å². The molecular formula is C2H12NO3PS. The molecule has 0 aromatic heterocycles. The number of hydrogen-bond donors (Lipinski definition) is 4. The Kier molecular flexibility index (Phi) is 5.15. The molecule has 0 aliphatic rings. The SMILES string of the molecule is CS(C)=P(O)(O)O.N. The maximum absolute atomic E-state index is 8.33. The lowest BCUT2D eigenvalue weighted by Crippen LogP contribution is -1.85. The zero-order valence-electron chi connectivity index (χ0n) is 4.90. The minimum absolute atomic E-state index is 0. The molecule has 0 atom stereocenters. The third kappa shape index (κ3) is 4.77. The highest BCUT2D eigenvalue weighted by Gasteiger charge is 2.01. The molecular weight excluding hydrogens is 149 g/mol. The summed E-state index contributed by atoms with van der Waals surface area (Å²) in [5.41, 5.74) is 0. The van der Waals surface area contributed by atoms with Crippen LogP contribution in [0.15, 0.2) is 0 Å². The van der Waals surface area contributed by atoms with Crippen LogP contribution in [0.1, 0.15) is 0 Å². The molecule has 0 rings (SSSR count). The van der Waals surface area contributed by atoms with E-state index < -0.39 is 16.8 Å². The molecule has 0 aliphatic heterocycles. The van der Waals surface area contributed by atoms with Crippen LogP contribution in [0.2, 0.25) is 0 Å². The van der Waals surface area contributed by atoms with Crippen LogP contribution in [0.5, 0.6) is 0 Å². The van der Waals surface area contributed by atoms with Crippen LogP contribution in [0.4, 0.5) is 0 Å². The molecule has 0 bridgehead atoms. The monoisotopic (exact) mass is 161 g/mol. The van der Waals surface area contributed by atoms with Gasteiger partial charge in [-0.1, -0.05) is 0 Å². The van der Waals surface area contributed by atoms with E-state index in [-0.39, 0.29) is 6.15 Å². The van der Waals surface area contributed by atoms with Gasteiger partial charge in [-0.25, -0.2) is 0 Å². The van der Waals surface area contributed by atoms with Gasteiger partial charge in [0, 0.05) is 0 Å². The van der Waals surface area contributed by atoms with Crippen LogP contribution >= 0.6 is 6.72 Å². The standard InChI is InChI=1S/C2H9O3PS.H3N/c1-7(2)6(3,4)5;/h3-5H,1-2H3;1H3. The second kappa shape index (κ2) is 3.61. The molecule has 8 heavy (non-hydrogen) atoms. The van der Waals surface area contributed by atoms with E-state index >= 15 is 0 Å². The molecule has 0 aromatic carbocycles. The van der Waals surface area contributed by atoms with Crippen LogP contribution in [-0.4, -0.2) is 27.2 Å². The Hall–Kier alpha value is 0.620. The summed E-state index contributed by atoms with van der Waals surface area (Å²) in [4.78, 5) is 25.0. The fourth-order valence-corrected chi connectivity index (χ4v) is 0. The van der Waals surface area contributed by atoms with Gasteiger partial charge in [0.1, 0.15) is 0 Å². The topological polar surface area (TPSA) is 95.7 Å². The van der Waals surface area contributed by atoms with Crippen LogP contribution in [-0.2, 0) is 10.1 Å². The molecule has 0 spiro atoms. The zero-order chi connectivity index (χ0) is 6.08. The molecule has 0 amide bonds. The van der Waals surface area contributed by atoms with Gasteiger partial charge in [-0.15, -0.1) is 10.1 Å². The van der Waals surface area contributed by atoms with Gasteiger partial charge in [-0.3, -0.25) is 0 Å². The molecule has 6 N–H and O–H groups in total. The molecule has 0 aromatic rings. The van der Waals surface area contributed by atoms with Gasteiger partial charge in [0.25, 0.3) is 6.72 Å². The lowest BCUT2D eigenvalue weighted by molar-refractivity contribution is 0.363. The largest absolute Gasteiger partial charge is 0.344 e. The second-order valence-electron chi connectivity index (χ2n) is 1.29. The van der Waals surface area contributed by atoms with E-state index in [1.54, 1.807) is 12.5 Å². The summed E-state index contributed by atoms with van der Waals surface area (Å²) in [6.07, 6.45) is 3.15. The van der Waals surface area contributed by atoms with Gasteiger partial charge < -0.3 is 20.8 Å². The van der Waals surface area contributed by atoms with Crippen LogP contribution in [0.3, 0.4) is 0 Å².